The van der Waals surface area contributed by atoms with E-state index in [-0.39, 0.29) is 0 Å². The van der Waals surface area contributed by atoms with Crippen LogP contribution in [0.15, 0.2) is 12.2 Å². The van der Waals surface area contributed by atoms with Gasteiger partial charge in [0.2, 0.25) is 0 Å². The van der Waals surface area contributed by atoms with Crippen LogP contribution in [0.4, 0.5) is 0 Å². The Morgan fingerprint density at radius 1 is 1.38 bits per heavy atom. The smallest absolute Gasteiger partial charge is 0.0590 e. The van der Waals surface area contributed by atoms with Gasteiger partial charge in [-0.15, -0.1) is 0 Å². The van der Waals surface area contributed by atoms with Crippen molar-refractivity contribution in [2.24, 2.45) is 0 Å². The number of nitrogens with one attached hydrogen (secondary N) is 1. The molecule has 0 bridgehead atoms. The zero-order valence-corrected chi connectivity index (χ0v) is 8.59. The average Bonchev–Trinajstić information content (AvgIpc) is 2.19. The monoisotopic (exact) mass is 183 g/mol. The third-order valence-electron chi connectivity index (χ3n) is 2.30. The Kier molecular flexibility index (Phi) is 5.87. The molecule has 0 saturated heterocycles. The Morgan fingerprint density at radius 2 is 2.31 bits per heavy atom. The van der Waals surface area contributed by atoms with Crippen molar-refractivity contribution in [1.29, 1.82) is 0 Å². The standard InChI is InChI=1S/C11H21NO/c1-2-9-13-10-8-12-11-6-4-3-5-7-11/h3-4,11-12H,2,5-10H2,1H3. The molecule has 2 heteroatoms. The first-order valence-corrected chi connectivity index (χ1v) is 5.39. The first kappa shape index (κ1) is 10.7. The summed E-state index contributed by atoms with van der Waals surface area (Å²) in [6.45, 7) is 4.89. The molecule has 0 heterocycles. The second kappa shape index (κ2) is 7.10. The average molecular weight is 183 g/mol. The summed E-state index contributed by atoms with van der Waals surface area (Å²) in [6.07, 6.45) is 9.36. The van der Waals surface area contributed by atoms with E-state index in [1.807, 2.05) is 0 Å². The van der Waals surface area contributed by atoms with E-state index in [0.29, 0.717) is 6.04 Å². The van der Waals surface area contributed by atoms with Crippen LogP contribution >= 0.6 is 0 Å². The molecule has 0 spiro atoms. The van der Waals surface area contributed by atoms with Crippen molar-refractivity contribution < 1.29 is 4.74 Å². The fourth-order valence-electron chi connectivity index (χ4n) is 1.56. The van der Waals surface area contributed by atoms with Gasteiger partial charge in [-0.1, -0.05) is 19.1 Å². The zero-order chi connectivity index (χ0) is 9.36. The number of allylic oxidation sites excluding steroid dienone is 1. The van der Waals surface area contributed by atoms with Crippen LogP contribution in [0.5, 0.6) is 0 Å². The summed E-state index contributed by atoms with van der Waals surface area (Å²) in [6, 6.07) is 0.690. The fourth-order valence-corrected chi connectivity index (χ4v) is 1.56. The van der Waals surface area contributed by atoms with E-state index in [1.54, 1.807) is 0 Å². The van der Waals surface area contributed by atoms with Crippen LogP contribution in [0.1, 0.15) is 32.6 Å². The molecule has 0 aromatic heterocycles. The van der Waals surface area contributed by atoms with E-state index in [9.17, 15) is 0 Å². The Morgan fingerprint density at radius 3 is 3.00 bits per heavy atom. The predicted octanol–water partition coefficient (Wildman–Crippen LogP) is 2.11. The molecule has 0 amide bonds. The lowest BCUT2D eigenvalue weighted by molar-refractivity contribution is 0.134. The highest BCUT2D eigenvalue weighted by molar-refractivity contribution is 4.92. The van der Waals surface area contributed by atoms with E-state index in [0.717, 1.165) is 26.2 Å². The van der Waals surface area contributed by atoms with Crippen LogP contribution in [0.25, 0.3) is 0 Å². The molecule has 76 valence electrons. The normalized spacial score (nSPS) is 22.1. The van der Waals surface area contributed by atoms with Crippen LogP contribution in [0.2, 0.25) is 0 Å². The summed E-state index contributed by atoms with van der Waals surface area (Å²) in [5, 5.41) is 3.50. The minimum atomic E-state index is 0.690. The highest BCUT2D eigenvalue weighted by Gasteiger charge is 2.07. The van der Waals surface area contributed by atoms with Gasteiger partial charge in [-0.3, -0.25) is 0 Å². The van der Waals surface area contributed by atoms with Gasteiger partial charge in [0.1, 0.15) is 0 Å². The molecular weight excluding hydrogens is 162 g/mol. The van der Waals surface area contributed by atoms with E-state index in [4.69, 9.17) is 4.74 Å². The third kappa shape index (κ3) is 5.06. The van der Waals surface area contributed by atoms with Crippen molar-refractivity contribution in [3.8, 4) is 0 Å². The Hall–Kier alpha value is -0.340. The number of hydrogen-bond donors (Lipinski definition) is 1. The van der Waals surface area contributed by atoms with Crippen molar-refractivity contribution in [3.05, 3.63) is 12.2 Å². The molecular formula is C11H21NO. The molecule has 0 radical (unpaired) electrons. The van der Waals surface area contributed by atoms with Crippen LogP contribution in [0.3, 0.4) is 0 Å². The molecule has 1 N–H and O–H groups in total. The highest BCUT2D eigenvalue weighted by Crippen LogP contribution is 2.09. The summed E-state index contributed by atoms with van der Waals surface area (Å²) in [4.78, 5) is 0. The van der Waals surface area contributed by atoms with Crippen LogP contribution in [-0.2, 0) is 4.74 Å². The lowest BCUT2D eigenvalue weighted by Gasteiger charge is -2.19. The summed E-state index contributed by atoms with van der Waals surface area (Å²) >= 11 is 0. The first-order valence-electron chi connectivity index (χ1n) is 5.39. The summed E-state index contributed by atoms with van der Waals surface area (Å²) in [5.74, 6) is 0. The van der Waals surface area contributed by atoms with Crippen molar-refractivity contribution in [2.45, 2.75) is 38.6 Å². The second-order valence-electron chi connectivity index (χ2n) is 3.55. The first-order chi connectivity index (χ1) is 6.43. The second-order valence-corrected chi connectivity index (χ2v) is 3.55. The van der Waals surface area contributed by atoms with Crippen LogP contribution < -0.4 is 5.32 Å². The molecule has 1 rings (SSSR count). The van der Waals surface area contributed by atoms with Gasteiger partial charge < -0.3 is 10.1 Å². The topological polar surface area (TPSA) is 21.3 Å². The van der Waals surface area contributed by atoms with Gasteiger partial charge >= 0.3 is 0 Å². The Balaban J connectivity index is 1.90. The minimum Gasteiger partial charge on any atom is -0.380 e. The van der Waals surface area contributed by atoms with Gasteiger partial charge in [-0.25, -0.2) is 0 Å². The number of rotatable bonds is 6. The van der Waals surface area contributed by atoms with Gasteiger partial charge in [-0.2, -0.15) is 0 Å². The molecule has 13 heavy (non-hydrogen) atoms. The van der Waals surface area contributed by atoms with Crippen molar-refractivity contribution in [1.82, 2.24) is 5.32 Å². The number of hydrogen-bond acceptors (Lipinski definition) is 2. The summed E-state index contributed by atoms with van der Waals surface area (Å²) in [5.41, 5.74) is 0. The van der Waals surface area contributed by atoms with Gasteiger partial charge in [0.15, 0.2) is 0 Å². The van der Waals surface area contributed by atoms with Gasteiger partial charge in [0.25, 0.3) is 0 Å². The lowest BCUT2D eigenvalue weighted by Crippen LogP contribution is -2.32. The van der Waals surface area contributed by atoms with E-state index in [2.05, 4.69) is 24.4 Å². The quantitative estimate of drug-likeness (QED) is 0.503. The van der Waals surface area contributed by atoms with Gasteiger partial charge in [0, 0.05) is 19.2 Å². The lowest BCUT2D eigenvalue weighted by atomic mass is 10.0. The molecule has 0 aliphatic heterocycles. The van der Waals surface area contributed by atoms with E-state index >= 15 is 0 Å². The van der Waals surface area contributed by atoms with E-state index in [1.165, 1.54) is 19.3 Å². The minimum absolute atomic E-state index is 0.690. The van der Waals surface area contributed by atoms with Crippen molar-refractivity contribution >= 4 is 0 Å². The molecule has 1 unspecified atom stereocenters. The molecule has 2 nitrogen and oxygen atoms in total. The predicted molar refractivity (Wildman–Crippen MR) is 55.9 cm³/mol. The molecule has 0 aromatic rings. The maximum absolute atomic E-state index is 5.39. The van der Waals surface area contributed by atoms with Gasteiger partial charge in [0.05, 0.1) is 6.61 Å². The molecule has 1 atom stereocenters. The number of ether oxygens (including phenoxy) is 1. The molecule has 1 aliphatic rings. The van der Waals surface area contributed by atoms with Crippen LogP contribution in [0, 0.1) is 0 Å². The van der Waals surface area contributed by atoms with Gasteiger partial charge in [-0.05, 0) is 25.7 Å². The Labute approximate surface area is 81.4 Å². The van der Waals surface area contributed by atoms with Crippen molar-refractivity contribution in [2.75, 3.05) is 19.8 Å². The molecule has 0 fully saturated rings. The largest absolute Gasteiger partial charge is 0.380 e. The summed E-state index contributed by atoms with van der Waals surface area (Å²) in [7, 11) is 0. The highest BCUT2D eigenvalue weighted by atomic mass is 16.5. The van der Waals surface area contributed by atoms with Crippen LogP contribution in [-0.4, -0.2) is 25.8 Å². The summed E-state index contributed by atoms with van der Waals surface area (Å²) < 4.78 is 5.39. The molecule has 1 aliphatic carbocycles. The Bertz CT molecular complexity index is 145. The van der Waals surface area contributed by atoms with Crippen molar-refractivity contribution in [3.63, 3.8) is 0 Å². The SMILES string of the molecule is CCCOCCNC1CC=CCC1. The third-order valence-corrected chi connectivity index (χ3v) is 2.30. The zero-order valence-electron chi connectivity index (χ0n) is 8.59. The fraction of sp³-hybridized carbons (Fsp3) is 0.818. The molecule has 0 saturated carbocycles. The maximum Gasteiger partial charge on any atom is 0.0590 e. The maximum atomic E-state index is 5.39. The molecule has 0 aromatic carbocycles. The van der Waals surface area contributed by atoms with E-state index < -0.39 is 0 Å².